The number of phenolic OH excluding ortho intramolecular Hbond substituents is 1. The number of para-hydroxylation sites is 1. The molecule has 1 saturated carbocycles. The Balaban J connectivity index is 1.27. The zero-order valence-corrected chi connectivity index (χ0v) is 30.1. The van der Waals surface area contributed by atoms with Gasteiger partial charge in [0.25, 0.3) is 23.6 Å². The van der Waals surface area contributed by atoms with Crippen LogP contribution in [0.2, 0.25) is 10.0 Å². The van der Waals surface area contributed by atoms with E-state index in [9.17, 15) is 37.1 Å². The van der Waals surface area contributed by atoms with Crippen molar-refractivity contribution in [1.29, 1.82) is 0 Å². The summed E-state index contributed by atoms with van der Waals surface area (Å²) in [5.74, 6) is -9.20. The van der Waals surface area contributed by atoms with E-state index in [1.54, 1.807) is 48.5 Å². The number of alkyl halides is 3. The van der Waals surface area contributed by atoms with Gasteiger partial charge in [0, 0.05) is 23.6 Å². The van der Waals surface area contributed by atoms with Crippen molar-refractivity contribution in [3.05, 3.63) is 129 Å². The number of phenols is 1. The molecule has 55 heavy (non-hydrogen) atoms. The van der Waals surface area contributed by atoms with Gasteiger partial charge in [0.2, 0.25) is 0 Å². The predicted molar refractivity (Wildman–Crippen MR) is 192 cm³/mol. The Morgan fingerprint density at radius 1 is 0.891 bits per heavy atom. The lowest BCUT2D eigenvalue weighted by Crippen LogP contribution is -2.53. The van der Waals surface area contributed by atoms with Crippen LogP contribution in [0.1, 0.15) is 35.6 Å². The molecule has 3 fully saturated rings. The second-order valence-corrected chi connectivity index (χ2v) is 14.8. The van der Waals surface area contributed by atoms with E-state index in [1.807, 2.05) is 0 Å². The van der Waals surface area contributed by atoms with Gasteiger partial charge in [0.05, 0.1) is 33.9 Å². The molecule has 10 nitrogen and oxygen atoms in total. The number of fused-ring (bicyclic) bond motifs is 4. The van der Waals surface area contributed by atoms with Gasteiger partial charge in [-0.1, -0.05) is 65.2 Å². The zero-order chi connectivity index (χ0) is 39.1. The van der Waals surface area contributed by atoms with Crippen LogP contribution in [0.4, 0.5) is 29.1 Å². The largest absolute Gasteiger partial charge is 0.508 e. The molecule has 4 aliphatic rings. The van der Waals surface area contributed by atoms with Crippen molar-refractivity contribution in [2.45, 2.75) is 30.4 Å². The van der Waals surface area contributed by atoms with Gasteiger partial charge < -0.3 is 5.11 Å². The van der Waals surface area contributed by atoms with E-state index < -0.39 is 82.1 Å². The van der Waals surface area contributed by atoms with Gasteiger partial charge >= 0.3 is 6.18 Å². The number of benzene rings is 3. The Hall–Kier alpha value is -5.47. The Kier molecular flexibility index (Phi) is 8.69. The molecule has 0 bridgehead atoms. The average molecular weight is 795 g/mol. The van der Waals surface area contributed by atoms with Gasteiger partial charge in [0.1, 0.15) is 17.3 Å². The van der Waals surface area contributed by atoms with E-state index in [0.29, 0.717) is 22.2 Å². The number of hydrogen-bond acceptors (Lipinski definition) is 8. The highest BCUT2D eigenvalue weighted by molar-refractivity contribution is 6.33. The Bertz CT molecular complexity index is 2310. The van der Waals surface area contributed by atoms with Crippen molar-refractivity contribution in [3.8, 4) is 5.75 Å². The quantitative estimate of drug-likeness (QED) is 0.119. The van der Waals surface area contributed by atoms with Crippen molar-refractivity contribution in [2.24, 2.45) is 23.7 Å². The van der Waals surface area contributed by atoms with Crippen molar-refractivity contribution in [1.82, 2.24) is 15.0 Å². The van der Waals surface area contributed by atoms with Crippen molar-refractivity contribution in [2.75, 3.05) is 17.5 Å². The fraction of sp³-hybridized carbons (Fsp3) is 0.256. The highest BCUT2D eigenvalue weighted by atomic mass is 35.5. The number of pyridine rings is 1. The molecule has 4 amide bonds. The van der Waals surface area contributed by atoms with E-state index in [4.69, 9.17) is 23.2 Å². The molecule has 2 aliphatic heterocycles. The van der Waals surface area contributed by atoms with Gasteiger partial charge in [-0.2, -0.15) is 23.2 Å². The minimum atomic E-state index is -4.84. The molecular weight excluding hydrogens is 765 g/mol. The molecule has 16 heteroatoms. The Morgan fingerprint density at radius 3 is 2.25 bits per heavy atom. The van der Waals surface area contributed by atoms with Gasteiger partial charge in [0.15, 0.2) is 5.82 Å². The smallest absolute Gasteiger partial charge is 0.433 e. The maximum Gasteiger partial charge on any atom is 0.433 e. The highest BCUT2D eigenvalue weighted by Crippen LogP contribution is 2.65. The number of hydrogen-bond donors (Lipinski definition) is 2. The van der Waals surface area contributed by atoms with E-state index in [-0.39, 0.29) is 34.9 Å². The number of halogens is 6. The molecule has 0 radical (unpaired) electrons. The molecule has 4 aromatic rings. The molecule has 2 aliphatic carbocycles. The summed E-state index contributed by atoms with van der Waals surface area (Å²) in [5, 5.41) is 14.1. The van der Waals surface area contributed by atoms with E-state index in [2.05, 4.69) is 10.4 Å². The molecule has 2 saturated heterocycles. The lowest BCUT2D eigenvalue weighted by molar-refractivity contribution is -0.142. The Morgan fingerprint density at radius 2 is 1.58 bits per heavy atom. The first kappa shape index (κ1) is 36.5. The number of aromatic nitrogens is 1. The third-order valence-corrected chi connectivity index (χ3v) is 11.8. The molecule has 8 rings (SSSR count). The van der Waals surface area contributed by atoms with Gasteiger partial charge in [-0.3, -0.25) is 29.6 Å². The minimum absolute atomic E-state index is 0.000303. The maximum absolute atomic E-state index is 15.2. The summed E-state index contributed by atoms with van der Waals surface area (Å²) >= 11 is 12.6. The van der Waals surface area contributed by atoms with Gasteiger partial charge in [-0.25, -0.2) is 9.37 Å². The number of imide groups is 2. The van der Waals surface area contributed by atoms with E-state index >= 15 is 4.79 Å². The number of nitrogens with zero attached hydrogens (tertiary/aromatic N) is 4. The third kappa shape index (κ3) is 5.55. The number of carbonyl (C=O) groups is 4. The summed E-state index contributed by atoms with van der Waals surface area (Å²) in [7, 11) is 1.21. The first-order valence-corrected chi connectivity index (χ1v) is 17.9. The number of amides is 4. The first-order chi connectivity index (χ1) is 26.1. The van der Waals surface area contributed by atoms with Crippen LogP contribution in [0.25, 0.3) is 0 Å². The number of aromatic hydroxyl groups is 1. The number of carbonyl (C=O) groups excluding carboxylic acids is 4. The molecule has 2 N–H and O–H groups in total. The minimum Gasteiger partial charge on any atom is -0.508 e. The van der Waals surface area contributed by atoms with Crippen LogP contribution in [0.15, 0.2) is 96.6 Å². The topological polar surface area (TPSA) is 123 Å². The third-order valence-electron chi connectivity index (χ3n) is 11.2. The molecule has 6 unspecified atom stereocenters. The van der Waals surface area contributed by atoms with Crippen LogP contribution in [-0.2, 0) is 30.8 Å². The number of allylic oxidation sites excluding steroid dienone is 2. The normalized spacial score (nSPS) is 26.1. The fourth-order valence-corrected chi connectivity index (χ4v) is 9.27. The number of rotatable bonds is 6. The summed E-state index contributed by atoms with van der Waals surface area (Å²) in [6, 6.07) is 19.5. The van der Waals surface area contributed by atoms with Gasteiger partial charge in [-0.05, 0) is 78.9 Å². The van der Waals surface area contributed by atoms with E-state index in [1.165, 1.54) is 25.2 Å². The zero-order valence-electron chi connectivity index (χ0n) is 28.6. The van der Waals surface area contributed by atoms with Crippen LogP contribution >= 0.6 is 23.2 Å². The SMILES string of the molecule is CN(c1nc(C(F)(F)F)ccc1Cl)N1C(=O)C2CC=C3C(CC4C(=O)N(Nc5ccc(F)cc5)C(=O)C4(c4ccc(Cl)cc4)C3c3ccccc3O)C2C1=O. The standard InChI is InChI=1S/C39H29Cl2F4N5O5/c1-48(33-28(41)16-17-30(46-33)39(43,44)45)50-34(52)25-15-14-23-26(31(25)36(50)54)18-27-35(53)49(47-22-12-10-21(42)11-13-22)37(55)38(27,19-6-8-20(40)9-7-19)32(23)24-4-2-3-5-29(24)51/h2-14,16-17,25-27,31-32,47,51H,15,18H2,1H3. The van der Waals surface area contributed by atoms with Crippen LogP contribution < -0.4 is 10.4 Å². The second-order valence-electron chi connectivity index (χ2n) is 13.9. The predicted octanol–water partition coefficient (Wildman–Crippen LogP) is 7.29. The summed E-state index contributed by atoms with van der Waals surface area (Å²) in [5.41, 5.74) is 1.29. The molecule has 282 valence electrons. The monoisotopic (exact) mass is 793 g/mol. The van der Waals surface area contributed by atoms with Crippen LogP contribution in [0, 0.1) is 29.5 Å². The van der Waals surface area contributed by atoms with Crippen LogP contribution in [-0.4, -0.2) is 50.8 Å². The molecular formula is C39H29Cl2F4N5O5. The van der Waals surface area contributed by atoms with Crippen LogP contribution in [0.5, 0.6) is 5.75 Å². The molecule has 0 spiro atoms. The summed E-state index contributed by atoms with van der Waals surface area (Å²) in [6.45, 7) is 0. The second kappa shape index (κ2) is 13.1. The summed E-state index contributed by atoms with van der Waals surface area (Å²) in [4.78, 5) is 62.2. The van der Waals surface area contributed by atoms with Gasteiger partial charge in [-0.15, -0.1) is 0 Å². The molecule has 1 aromatic heterocycles. The van der Waals surface area contributed by atoms with Crippen molar-refractivity contribution < 1.29 is 41.8 Å². The highest BCUT2D eigenvalue weighted by Gasteiger charge is 2.71. The molecule has 6 atom stereocenters. The van der Waals surface area contributed by atoms with Crippen LogP contribution in [0.3, 0.4) is 0 Å². The summed E-state index contributed by atoms with van der Waals surface area (Å²) in [6.07, 6.45) is -3.19. The fourth-order valence-electron chi connectivity index (χ4n) is 8.92. The average Bonchev–Trinajstić information content (AvgIpc) is 3.53. The van der Waals surface area contributed by atoms with Crippen molar-refractivity contribution in [3.63, 3.8) is 0 Å². The lowest BCUT2D eigenvalue weighted by Gasteiger charge is -2.50. The number of anilines is 2. The summed E-state index contributed by atoms with van der Waals surface area (Å²) < 4.78 is 54.8. The van der Waals surface area contributed by atoms with E-state index in [0.717, 1.165) is 33.2 Å². The van der Waals surface area contributed by atoms with Crippen molar-refractivity contribution >= 4 is 58.3 Å². The number of nitrogens with one attached hydrogen (secondary N) is 1. The lowest BCUT2D eigenvalue weighted by atomic mass is 9.49. The molecule has 3 aromatic carbocycles. The Labute approximate surface area is 320 Å². The first-order valence-electron chi connectivity index (χ1n) is 17.1. The molecule has 3 heterocycles. The number of hydrazine groups is 2. The maximum atomic E-state index is 15.2.